The molecule has 0 aliphatic carbocycles. The molecule has 1 nitrogen and oxygen atoms in total. The molecule has 0 radical (unpaired) electrons. The quantitative estimate of drug-likeness (QED) is 0.116. The largest absolute Gasteiger partial charge is 0.385 e. The van der Waals surface area contributed by atoms with Crippen LogP contribution in [0.25, 0.3) is 0 Å². The average molecular weight is 461 g/mol. The van der Waals surface area contributed by atoms with E-state index in [1.165, 1.54) is 89.9 Å². The first-order chi connectivity index (χ1) is 13.2. The second-order valence-electron chi connectivity index (χ2n) is 7.52. The van der Waals surface area contributed by atoms with Gasteiger partial charge in [0.15, 0.2) is 0 Å². The molecule has 0 atom stereocenters. The molecule has 27 heavy (non-hydrogen) atoms. The van der Waals surface area contributed by atoms with Crippen LogP contribution in [0.4, 0.5) is 0 Å². The van der Waals surface area contributed by atoms with Crippen LogP contribution in [0.5, 0.6) is 0 Å². The molecule has 0 aromatic heterocycles. The fourth-order valence-corrected chi connectivity index (χ4v) is 6.74. The molecular formula is C23H41NS2Zn. The van der Waals surface area contributed by atoms with Crippen LogP contribution < -0.4 is 9.89 Å². The fraction of sp³-hybridized carbons (Fsp3) is 0.696. The number of unbranched alkanes of at least 4 members (excludes halogenated alkanes) is 13. The van der Waals surface area contributed by atoms with Gasteiger partial charge in [-0.05, 0) is 0 Å². The summed E-state index contributed by atoms with van der Waals surface area (Å²) in [5, 5.41) is 1.55. The SMILES string of the molecule is CCCCCCCCCCCCCCC[CH2][Zn][c]1ccccc1.NC(=S)S. The van der Waals surface area contributed by atoms with E-state index in [-0.39, 0.29) is 4.32 Å². The third-order valence-corrected chi connectivity index (χ3v) is 8.90. The molecule has 0 unspecified atom stereocenters. The van der Waals surface area contributed by atoms with Gasteiger partial charge in [0.05, 0.1) is 0 Å². The predicted octanol–water partition coefficient (Wildman–Crippen LogP) is 7.45. The second kappa shape index (κ2) is 22.4. The molecule has 1 aromatic carbocycles. The number of rotatable bonds is 16. The van der Waals surface area contributed by atoms with Gasteiger partial charge in [-0.15, -0.1) is 12.6 Å². The normalized spacial score (nSPS) is 10.0. The number of benzene rings is 1. The van der Waals surface area contributed by atoms with Crippen LogP contribution in [0.2, 0.25) is 5.02 Å². The van der Waals surface area contributed by atoms with Gasteiger partial charge >= 0.3 is 127 Å². The molecule has 1 aromatic rings. The Bertz CT molecular complexity index is 422. The van der Waals surface area contributed by atoms with Crippen molar-refractivity contribution >= 4 is 33.3 Å². The Morgan fingerprint density at radius 3 is 1.56 bits per heavy atom. The van der Waals surface area contributed by atoms with E-state index < -0.39 is 17.1 Å². The molecule has 0 spiro atoms. The van der Waals surface area contributed by atoms with Gasteiger partial charge in [-0.2, -0.15) is 0 Å². The summed E-state index contributed by atoms with van der Waals surface area (Å²) in [6, 6.07) is 11.2. The van der Waals surface area contributed by atoms with Crippen LogP contribution in [-0.4, -0.2) is 4.32 Å². The standard InChI is InChI=1S/C16H33.C6H5.CH3NS2.Zn/c1-3-5-7-9-11-13-15-16-14-12-10-8-6-4-2;1-2-4-6-5-3-1;2-1(3)4;/h1,3-16H2,2H3;1-5H;(H3,2,3,4);. The smallest absolute Gasteiger partial charge is 0.128 e. The Labute approximate surface area is 187 Å². The first-order valence-electron chi connectivity index (χ1n) is 11.2. The summed E-state index contributed by atoms with van der Waals surface area (Å²) in [4.78, 5) is 0. The molecule has 0 fully saturated rings. The number of hydrogen-bond acceptors (Lipinski definition) is 1. The van der Waals surface area contributed by atoms with E-state index in [0.717, 1.165) is 0 Å². The van der Waals surface area contributed by atoms with Gasteiger partial charge in [0, 0.05) is 0 Å². The maximum absolute atomic E-state index is 4.71. The number of nitrogens with two attached hydrogens (primary N) is 1. The van der Waals surface area contributed by atoms with Crippen molar-refractivity contribution in [3.05, 3.63) is 30.3 Å². The molecule has 2 N–H and O–H groups in total. The van der Waals surface area contributed by atoms with Crippen LogP contribution >= 0.6 is 24.8 Å². The van der Waals surface area contributed by atoms with Crippen molar-refractivity contribution in [2.75, 3.05) is 0 Å². The summed E-state index contributed by atoms with van der Waals surface area (Å²) in [5.41, 5.74) is 4.71. The maximum atomic E-state index is 4.71. The summed E-state index contributed by atoms with van der Waals surface area (Å²) in [5.74, 6) is 0. The minimum atomic E-state index is -0.406. The zero-order chi connectivity index (χ0) is 20.0. The van der Waals surface area contributed by atoms with Gasteiger partial charge in [-0.25, -0.2) is 0 Å². The number of thiol groups is 1. The summed E-state index contributed by atoms with van der Waals surface area (Å²) >= 11 is 7.25. The number of hydrogen-bond donors (Lipinski definition) is 2. The van der Waals surface area contributed by atoms with E-state index in [9.17, 15) is 0 Å². The van der Waals surface area contributed by atoms with Crippen molar-refractivity contribution in [3.8, 4) is 0 Å². The minimum absolute atomic E-state index is 0.194. The molecule has 0 aliphatic rings. The molecule has 0 bridgehead atoms. The van der Waals surface area contributed by atoms with Crippen molar-refractivity contribution in [2.24, 2.45) is 5.73 Å². The first kappa shape index (κ1) is 27.1. The first-order valence-corrected chi connectivity index (χ1v) is 15.6. The van der Waals surface area contributed by atoms with Crippen molar-refractivity contribution in [1.82, 2.24) is 0 Å². The average Bonchev–Trinajstić information content (AvgIpc) is 2.65. The summed E-state index contributed by atoms with van der Waals surface area (Å²) in [7, 11) is 0. The second-order valence-corrected chi connectivity index (χ2v) is 13.0. The van der Waals surface area contributed by atoms with Gasteiger partial charge in [-0.3, -0.25) is 0 Å². The van der Waals surface area contributed by atoms with Crippen LogP contribution in [0, 0.1) is 0 Å². The van der Waals surface area contributed by atoms with E-state index in [0.29, 0.717) is 0 Å². The summed E-state index contributed by atoms with van der Waals surface area (Å²) in [6.07, 6.45) is 20.6. The van der Waals surface area contributed by atoms with Crippen LogP contribution in [0.15, 0.2) is 30.3 Å². The zero-order valence-corrected chi connectivity index (χ0v) is 22.3. The van der Waals surface area contributed by atoms with Gasteiger partial charge in [0.2, 0.25) is 0 Å². The molecule has 1 rings (SSSR count). The van der Waals surface area contributed by atoms with Gasteiger partial charge in [-0.1, -0.05) is 38.4 Å². The van der Waals surface area contributed by atoms with Crippen LogP contribution in [-0.2, 0) is 17.1 Å². The third kappa shape index (κ3) is 24.0. The van der Waals surface area contributed by atoms with Crippen molar-refractivity contribution in [3.63, 3.8) is 0 Å². The van der Waals surface area contributed by atoms with E-state index >= 15 is 0 Å². The Balaban J connectivity index is 0.00000153. The van der Waals surface area contributed by atoms with Crippen LogP contribution in [0.3, 0.4) is 0 Å². The zero-order valence-electron chi connectivity index (χ0n) is 17.6. The molecule has 0 amide bonds. The molecule has 0 aliphatic heterocycles. The molecular weight excluding hydrogens is 420 g/mol. The predicted molar refractivity (Wildman–Crippen MR) is 127 cm³/mol. The summed E-state index contributed by atoms with van der Waals surface area (Å²) < 4.78 is 1.88. The van der Waals surface area contributed by atoms with Crippen LogP contribution in [0.1, 0.15) is 96.8 Å². The van der Waals surface area contributed by atoms with E-state index in [1.54, 1.807) is 9.17 Å². The molecule has 0 saturated heterocycles. The summed E-state index contributed by atoms with van der Waals surface area (Å²) in [6.45, 7) is 2.30. The Morgan fingerprint density at radius 1 is 0.778 bits per heavy atom. The van der Waals surface area contributed by atoms with Crippen molar-refractivity contribution in [2.45, 2.75) is 102 Å². The van der Waals surface area contributed by atoms with Crippen molar-refractivity contribution < 1.29 is 17.1 Å². The van der Waals surface area contributed by atoms with E-state index in [4.69, 9.17) is 5.73 Å². The molecule has 0 heterocycles. The Kier molecular flexibility index (Phi) is 22.4. The van der Waals surface area contributed by atoms with E-state index in [1.807, 2.05) is 0 Å². The van der Waals surface area contributed by atoms with E-state index in [2.05, 4.69) is 62.1 Å². The molecule has 152 valence electrons. The van der Waals surface area contributed by atoms with Crippen molar-refractivity contribution in [1.29, 1.82) is 0 Å². The maximum Gasteiger partial charge on any atom is 0.128 e. The van der Waals surface area contributed by atoms with Gasteiger partial charge < -0.3 is 5.73 Å². The molecule has 0 saturated carbocycles. The monoisotopic (exact) mass is 459 g/mol. The Morgan fingerprint density at radius 2 is 1.15 bits per heavy atom. The molecule has 4 heteroatoms. The van der Waals surface area contributed by atoms with Gasteiger partial charge in [0.1, 0.15) is 4.32 Å². The topological polar surface area (TPSA) is 26.0 Å². The number of thiocarbonyl (C=S) groups is 1. The van der Waals surface area contributed by atoms with Gasteiger partial charge in [0.25, 0.3) is 0 Å². The Hall–Kier alpha value is 0.0834. The fourth-order valence-electron chi connectivity index (χ4n) is 3.35. The minimum Gasteiger partial charge on any atom is -0.385 e. The third-order valence-electron chi connectivity index (χ3n) is 4.91.